The normalized spacial score (nSPS) is 13.2. The molecule has 0 fully saturated rings. The first-order valence-electron chi connectivity index (χ1n) is 9.97. The van der Waals surface area contributed by atoms with E-state index in [1.807, 2.05) is 48.0 Å². The molecule has 4 aromatic carbocycles. The zero-order valence-electron chi connectivity index (χ0n) is 16.2. The Morgan fingerprint density at radius 1 is 0.700 bits per heavy atom. The van der Waals surface area contributed by atoms with Crippen molar-refractivity contribution in [3.05, 3.63) is 96.6 Å². The van der Waals surface area contributed by atoms with E-state index in [1.54, 1.807) is 0 Å². The molecule has 1 atom stereocenters. The Labute approximate surface area is 177 Å². The molecule has 30 heavy (non-hydrogen) atoms. The molecule has 0 radical (unpaired) electrons. The molecule has 1 unspecified atom stereocenters. The Balaban J connectivity index is 1.61. The van der Waals surface area contributed by atoms with Crippen LogP contribution in [0.25, 0.3) is 42.0 Å². The third kappa shape index (κ3) is 2.65. The van der Waals surface area contributed by atoms with Crippen molar-refractivity contribution in [1.29, 1.82) is 0 Å². The van der Waals surface area contributed by atoms with Gasteiger partial charge in [-0.2, -0.15) is 0 Å². The number of fused-ring (bicyclic) bond motifs is 6. The lowest BCUT2D eigenvalue weighted by Crippen LogP contribution is -2.09. The molecule has 0 bridgehead atoms. The Bertz CT molecular complexity index is 1560. The number of rotatable bonds is 3. The molecule has 4 heteroatoms. The van der Waals surface area contributed by atoms with E-state index >= 15 is 0 Å². The summed E-state index contributed by atoms with van der Waals surface area (Å²) in [5, 5.41) is 5.05. The van der Waals surface area contributed by atoms with Crippen LogP contribution in [0.4, 0.5) is 0 Å². The fourth-order valence-electron chi connectivity index (χ4n) is 4.22. The van der Waals surface area contributed by atoms with Crippen LogP contribution >= 0.6 is 11.3 Å². The third-order valence-corrected chi connectivity index (χ3v) is 6.83. The summed E-state index contributed by atoms with van der Waals surface area (Å²) in [6, 6.07) is 31.7. The zero-order valence-corrected chi connectivity index (χ0v) is 17.0. The maximum Gasteiger partial charge on any atom is 0.124 e. The zero-order chi connectivity index (χ0) is 20.1. The highest BCUT2D eigenvalue weighted by Gasteiger charge is 2.13. The van der Waals surface area contributed by atoms with Crippen LogP contribution in [0.15, 0.2) is 96.0 Å². The van der Waals surface area contributed by atoms with Crippen LogP contribution in [-0.4, -0.2) is 10.9 Å². The number of hydrogen-bond donors (Lipinski definition) is 1. The monoisotopic (exact) mass is 405 g/mol. The van der Waals surface area contributed by atoms with Gasteiger partial charge < -0.3 is 10.3 Å². The predicted octanol–water partition coefficient (Wildman–Crippen LogP) is 6.70. The summed E-state index contributed by atoms with van der Waals surface area (Å²) in [7, 11) is 0. The maximum absolute atomic E-state index is 6.34. The van der Waals surface area contributed by atoms with Gasteiger partial charge in [-0.15, -0.1) is 11.3 Å². The molecule has 0 aliphatic heterocycles. The van der Waals surface area contributed by atoms with Gasteiger partial charge in [0.2, 0.25) is 0 Å². The molecular formula is C26H19N3S. The smallest absolute Gasteiger partial charge is 0.124 e. The molecule has 6 aromatic rings. The van der Waals surface area contributed by atoms with Crippen molar-refractivity contribution < 1.29 is 0 Å². The minimum absolute atomic E-state index is 0.395. The SMILES string of the molecule is NC(N=Cn1c2ccccc2c2cc3sc4ccccc4c3cc21)c1ccccc1. The molecule has 6 rings (SSSR count). The van der Waals surface area contributed by atoms with Crippen molar-refractivity contribution >= 4 is 59.7 Å². The van der Waals surface area contributed by atoms with Gasteiger partial charge in [-0.05, 0) is 29.8 Å². The minimum atomic E-state index is -0.395. The van der Waals surface area contributed by atoms with Crippen molar-refractivity contribution in [2.45, 2.75) is 6.17 Å². The van der Waals surface area contributed by atoms with Gasteiger partial charge >= 0.3 is 0 Å². The summed E-state index contributed by atoms with van der Waals surface area (Å²) < 4.78 is 4.79. The number of aromatic nitrogens is 1. The molecule has 2 aromatic heterocycles. The van der Waals surface area contributed by atoms with Crippen LogP contribution in [0.1, 0.15) is 11.7 Å². The fraction of sp³-hybridized carbons (Fsp3) is 0.0385. The average Bonchev–Trinajstić information content (AvgIpc) is 3.31. The van der Waals surface area contributed by atoms with Gasteiger partial charge in [0, 0.05) is 30.9 Å². The van der Waals surface area contributed by atoms with Crippen LogP contribution in [0.3, 0.4) is 0 Å². The van der Waals surface area contributed by atoms with E-state index in [4.69, 9.17) is 5.73 Å². The first-order chi connectivity index (χ1) is 14.8. The Morgan fingerprint density at radius 3 is 2.30 bits per heavy atom. The quantitative estimate of drug-likeness (QED) is 0.258. The van der Waals surface area contributed by atoms with Gasteiger partial charge in [0.1, 0.15) is 6.17 Å². The number of nitrogens with zero attached hydrogens (tertiary/aromatic N) is 2. The first-order valence-corrected chi connectivity index (χ1v) is 10.8. The standard InChI is InChI=1S/C26H19N3S/c27-26(17-8-2-1-3-9-17)28-16-29-22-12-6-4-10-18(22)20-15-25-21(14-23(20)29)19-11-5-7-13-24(19)30-25/h1-16,26H,27H2. The van der Waals surface area contributed by atoms with Gasteiger partial charge in [-0.25, -0.2) is 0 Å². The maximum atomic E-state index is 6.34. The summed E-state index contributed by atoms with van der Waals surface area (Å²) >= 11 is 1.85. The number of aliphatic imine (C=N–C) groups is 1. The topological polar surface area (TPSA) is 43.3 Å². The first kappa shape index (κ1) is 17.4. The largest absolute Gasteiger partial charge is 0.306 e. The molecule has 0 aliphatic rings. The molecule has 144 valence electrons. The predicted molar refractivity (Wildman–Crippen MR) is 130 cm³/mol. The Hall–Kier alpha value is -3.47. The second-order valence-corrected chi connectivity index (χ2v) is 8.55. The van der Waals surface area contributed by atoms with Crippen LogP contribution in [0.5, 0.6) is 0 Å². The molecule has 0 saturated heterocycles. The second kappa shape index (κ2) is 6.80. The van der Waals surface area contributed by atoms with Crippen LogP contribution in [0, 0.1) is 0 Å². The van der Waals surface area contributed by atoms with Crippen LogP contribution < -0.4 is 5.73 Å². The summed E-state index contributed by atoms with van der Waals surface area (Å²) in [4.78, 5) is 4.69. The van der Waals surface area contributed by atoms with Crippen molar-refractivity contribution in [3.63, 3.8) is 0 Å². The second-order valence-electron chi connectivity index (χ2n) is 7.47. The summed E-state index contributed by atoms with van der Waals surface area (Å²) in [5.41, 5.74) is 9.63. The van der Waals surface area contributed by atoms with E-state index in [0.29, 0.717) is 0 Å². The molecule has 3 nitrogen and oxygen atoms in total. The number of hydrogen-bond acceptors (Lipinski definition) is 3. The lowest BCUT2D eigenvalue weighted by atomic mass is 10.1. The van der Waals surface area contributed by atoms with Crippen molar-refractivity contribution in [3.8, 4) is 0 Å². The van der Waals surface area contributed by atoms with Crippen LogP contribution in [0.2, 0.25) is 0 Å². The minimum Gasteiger partial charge on any atom is -0.306 e. The molecular weight excluding hydrogens is 386 g/mol. The highest BCUT2D eigenvalue weighted by molar-refractivity contribution is 7.25. The van der Waals surface area contributed by atoms with Crippen molar-refractivity contribution in [2.24, 2.45) is 10.7 Å². The number of nitrogens with two attached hydrogens (primary N) is 1. The van der Waals surface area contributed by atoms with Gasteiger partial charge in [0.05, 0.1) is 17.4 Å². The highest BCUT2D eigenvalue weighted by Crippen LogP contribution is 2.39. The lowest BCUT2D eigenvalue weighted by Gasteiger charge is -2.07. The van der Waals surface area contributed by atoms with Gasteiger partial charge in [-0.1, -0.05) is 66.7 Å². The van der Waals surface area contributed by atoms with Gasteiger partial charge in [0.25, 0.3) is 0 Å². The van der Waals surface area contributed by atoms with E-state index in [0.717, 1.165) is 16.6 Å². The summed E-state index contributed by atoms with van der Waals surface area (Å²) in [6.07, 6.45) is 1.48. The van der Waals surface area contributed by atoms with Gasteiger partial charge in [0.15, 0.2) is 0 Å². The Morgan fingerprint density at radius 2 is 1.43 bits per heavy atom. The van der Waals surface area contributed by atoms with E-state index in [2.05, 4.69) is 70.2 Å². The highest BCUT2D eigenvalue weighted by atomic mass is 32.1. The molecule has 0 spiro atoms. The summed E-state index contributed by atoms with van der Waals surface area (Å²) in [6.45, 7) is 0. The van der Waals surface area contributed by atoms with E-state index in [1.165, 1.54) is 30.9 Å². The van der Waals surface area contributed by atoms with Crippen LogP contribution in [-0.2, 0) is 0 Å². The molecule has 2 heterocycles. The molecule has 2 N–H and O–H groups in total. The van der Waals surface area contributed by atoms with E-state index in [-0.39, 0.29) is 0 Å². The van der Waals surface area contributed by atoms with Crippen molar-refractivity contribution in [2.75, 3.05) is 0 Å². The fourth-order valence-corrected chi connectivity index (χ4v) is 5.34. The number of para-hydroxylation sites is 1. The molecule has 0 amide bonds. The van der Waals surface area contributed by atoms with E-state index in [9.17, 15) is 0 Å². The average molecular weight is 406 g/mol. The Kier molecular flexibility index (Phi) is 3.94. The number of thiophene rings is 1. The summed E-state index contributed by atoms with van der Waals surface area (Å²) in [5.74, 6) is 0. The van der Waals surface area contributed by atoms with E-state index < -0.39 is 6.17 Å². The third-order valence-electron chi connectivity index (χ3n) is 5.69. The molecule has 0 aliphatic carbocycles. The number of benzene rings is 4. The van der Waals surface area contributed by atoms with Crippen molar-refractivity contribution in [1.82, 2.24) is 4.57 Å². The van der Waals surface area contributed by atoms with Gasteiger partial charge in [-0.3, -0.25) is 4.99 Å². The lowest BCUT2D eigenvalue weighted by molar-refractivity contribution is 0.776. The molecule has 0 saturated carbocycles.